The van der Waals surface area contributed by atoms with Crippen LogP contribution in [-0.4, -0.2) is 10.8 Å². The van der Waals surface area contributed by atoms with Gasteiger partial charge in [0.25, 0.3) is 11.6 Å². The van der Waals surface area contributed by atoms with E-state index in [0.717, 1.165) is 5.56 Å². The van der Waals surface area contributed by atoms with E-state index in [1.807, 2.05) is 25.1 Å². The molecule has 1 N–H and O–H groups in total. The lowest BCUT2D eigenvalue weighted by molar-refractivity contribution is -0.385. The fraction of sp³-hybridized carbons (Fsp3) is 0.188. The van der Waals surface area contributed by atoms with Crippen molar-refractivity contribution in [1.29, 1.82) is 0 Å². The molecule has 0 aliphatic heterocycles. The van der Waals surface area contributed by atoms with Gasteiger partial charge < -0.3 is 5.32 Å². The highest BCUT2D eigenvalue weighted by atomic mass is 35.5. The standard InChI is InChI=1S/C16H15ClN2O3/c1-10-7-8-12(9-15(10)19(21)22)16(20)18-11(2)13-5-3-4-6-14(13)17/h3-9,11H,1-2H3,(H,18,20). The number of nitro benzene ring substituents is 1. The first kappa shape index (κ1) is 16.0. The zero-order chi connectivity index (χ0) is 16.3. The summed E-state index contributed by atoms with van der Waals surface area (Å²) in [7, 11) is 0. The number of hydrogen-bond donors (Lipinski definition) is 1. The van der Waals surface area contributed by atoms with E-state index in [2.05, 4.69) is 5.32 Å². The Labute approximate surface area is 133 Å². The van der Waals surface area contributed by atoms with Crippen molar-refractivity contribution in [1.82, 2.24) is 5.32 Å². The minimum Gasteiger partial charge on any atom is -0.345 e. The summed E-state index contributed by atoms with van der Waals surface area (Å²) in [4.78, 5) is 22.7. The molecule has 0 spiro atoms. The molecule has 1 unspecified atom stereocenters. The Hall–Kier alpha value is -2.40. The number of halogens is 1. The minimum absolute atomic E-state index is 0.0713. The number of nitrogens with one attached hydrogen (secondary N) is 1. The number of nitro groups is 1. The number of aryl methyl sites for hydroxylation is 1. The van der Waals surface area contributed by atoms with Gasteiger partial charge in [-0.05, 0) is 31.5 Å². The highest BCUT2D eigenvalue weighted by Gasteiger charge is 2.17. The Balaban J connectivity index is 2.21. The lowest BCUT2D eigenvalue weighted by Crippen LogP contribution is -2.26. The molecular weight excluding hydrogens is 304 g/mol. The van der Waals surface area contributed by atoms with Crippen molar-refractivity contribution in [3.63, 3.8) is 0 Å². The van der Waals surface area contributed by atoms with Crippen LogP contribution in [0.2, 0.25) is 5.02 Å². The van der Waals surface area contributed by atoms with Crippen LogP contribution in [0.4, 0.5) is 5.69 Å². The molecule has 2 aromatic rings. The molecule has 0 aliphatic rings. The monoisotopic (exact) mass is 318 g/mol. The predicted molar refractivity (Wildman–Crippen MR) is 85.2 cm³/mol. The summed E-state index contributed by atoms with van der Waals surface area (Å²) in [5, 5.41) is 14.3. The highest BCUT2D eigenvalue weighted by molar-refractivity contribution is 6.31. The SMILES string of the molecule is Cc1ccc(C(=O)NC(C)c2ccccc2Cl)cc1[N+](=O)[O-]. The average molecular weight is 319 g/mol. The summed E-state index contributed by atoms with van der Waals surface area (Å²) in [5.41, 5.74) is 1.48. The van der Waals surface area contributed by atoms with Gasteiger partial charge >= 0.3 is 0 Å². The average Bonchev–Trinajstić information content (AvgIpc) is 2.47. The predicted octanol–water partition coefficient (Wildman–Crippen LogP) is 4.05. The molecule has 1 atom stereocenters. The van der Waals surface area contributed by atoms with Crippen molar-refractivity contribution in [2.45, 2.75) is 19.9 Å². The molecule has 0 aliphatic carbocycles. The summed E-state index contributed by atoms with van der Waals surface area (Å²) in [6.45, 7) is 3.44. The van der Waals surface area contributed by atoms with E-state index in [1.54, 1.807) is 25.1 Å². The van der Waals surface area contributed by atoms with Crippen LogP contribution in [-0.2, 0) is 0 Å². The molecule has 0 saturated heterocycles. The van der Waals surface area contributed by atoms with Crippen LogP contribution in [0.15, 0.2) is 42.5 Å². The summed E-state index contributed by atoms with van der Waals surface area (Å²) in [6, 6.07) is 11.3. The summed E-state index contributed by atoms with van der Waals surface area (Å²) in [6.07, 6.45) is 0. The normalized spacial score (nSPS) is 11.8. The van der Waals surface area contributed by atoms with Gasteiger partial charge in [0.15, 0.2) is 0 Å². The number of benzene rings is 2. The van der Waals surface area contributed by atoms with Gasteiger partial charge in [0.1, 0.15) is 0 Å². The van der Waals surface area contributed by atoms with E-state index < -0.39 is 4.92 Å². The molecule has 0 aromatic heterocycles. The summed E-state index contributed by atoms with van der Waals surface area (Å²) < 4.78 is 0. The van der Waals surface area contributed by atoms with Gasteiger partial charge in [-0.2, -0.15) is 0 Å². The second-order valence-corrected chi connectivity index (χ2v) is 5.38. The first-order valence-electron chi connectivity index (χ1n) is 6.70. The first-order valence-corrected chi connectivity index (χ1v) is 7.08. The quantitative estimate of drug-likeness (QED) is 0.682. The maximum absolute atomic E-state index is 12.2. The number of hydrogen-bond acceptors (Lipinski definition) is 3. The number of carbonyl (C=O) groups is 1. The molecule has 1 amide bonds. The van der Waals surface area contributed by atoms with Gasteiger partial charge in [-0.3, -0.25) is 14.9 Å². The van der Waals surface area contributed by atoms with E-state index in [9.17, 15) is 14.9 Å². The molecule has 5 nitrogen and oxygen atoms in total. The third kappa shape index (κ3) is 3.43. The fourth-order valence-corrected chi connectivity index (χ4v) is 2.43. The van der Waals surface area contributed by atoms with Crippen LogP contribution in [0.5, 0.6) is 0 Å². The molecule has 0 heterocycles. The van der Waals surface area contributed by atoms with Gasteiger partial charge in [-0.15, -0.1) is 0 Å². The zero-order valence-electron chi connectivity index (χ0n) is 12.2. The summed E-state index contributed by atoms with van der Waals surface area (Å²) in [5.74, 6) is -0.379. The third-order valence-corrected chi connectivity index (χ3v) is 3.73. The van der Waals surface area contributed by atoms with Gasteiger partial charge in [0, 0.05) is 22.2 Å². The van der Waals surface area contributed by atoms with Crippen molar-refractivity contribution in [3.05, 3.63) is 74.3 Å². The second-order valence-electron chi connectivity index (χ2n) is 4.98. The Morgan fingerprint density at radius 1 is 1.27 bits per heavy atom. The lowest BCUT2D eigenvalue weighted by atomic mass is 10.1. The van der Waals surface area contributed by atoms with Crippen LogP contribution in [0, 0.1) is 17.0 Å². The van der Waals surface area contributed by atoms with E-state index >= 15 is 0 Å². The zero-order valence-corrected chi connectivity index (χ0v) is 12.9. The first-order chi connectivity index (χ1) is 10.4. The van der Waals surface area contributed by atoms with E-state index in [4.69, 9.17) is 11.6 Å². The molecule has 0 bridgehead atoms. The lowest BCUT2D eigenvalue weighted by Gasteiger charge is -2.15. The number of carbonyl (C=O) groups excluding carboxylic acids is 1. The Bertz CT molecular complexity index is 731. The van der Waals surface area contributed by atoms with Gasteiger partial charge in [-0.25, -0.2) is 0 Å². The van der Waals surface area contributed by atoms with Gasteiger partial charge in [-0.1, -0.05) is 35.9 Å². The molecule has 0 radical (unpaired) electrons. The number of amides is 1. The highest BCUT2D eigenvalue weighted by Crippen LogP contribution is 2.23. The van der Waals surface area contributed by atoms with Crippen molar-refractivity contribution >= 4 is 23.2 Å². The topological polar surface area (TPSA) is 72.2 Å². The second kappa shape index (κ2) is 6.58. The summed E-state index contributed by atoms with van der Waals surface area (Å²) >= 11 is 6.10. The molecule has 22 heavy (non-hydrogen) atoms. The van der Waals surface area contributed by atoms with E-state index in [1.165, 1.54) is 6.07 Å². The molecular formula is C16H15ClN2O3. The molecule has 2 aromatic carbocycles. The van der Waals surface area contributed by atoms with Crippen molar-refractivity contribution in [2.75, 3.05) is 0 Å². The Morgan fingerprint density at radius 3 is 2.59 bits per heavy atom. The molecule has 2 rings (SSSR count). The van der Waals surface area contributed by atoms with Crippen molar-refractivity contribution in [2.24, 2.45) is 0 Å². The van der Waals surface area contributed by atoms with E-state index in [-0.39, 0.29) is 23.2 Å². The molecule has 0 saturated carbocycles. The van der Waals surface area contributed by atoms with Gasteiger partial charge in [0.05, 0.1) is 11.0 Å². The molecule has 114 valence electrons. The molecule has 6 heteroatoms. The maximum Gasteiger partial charge on any atom is 0.273 e. The van der Waals surface area contributed by atoms with Crippen LogP contribution in [0.1, 0.15) is 34.5 Å². The van der Waals surface area contributed by atoms with Crippen LogP contribution in [0.25, 0.3) is 0 Å². The Kier molecular flexibility index (Phi) is 4.78. The van der Waals surface area contributed by atoms with Crippen LogP contribution >= 0.6 is 11.6 Å². The largest absolute Gasteiger partial charge is 0.345 e. The van der Waals surface area contributed by atoms with Crippen LogP contribution < -0.4 is 5.32 Å². The van der Waals surface area contributed by atoms with Crippen LogP contribution in [0.3, 0.4) is 0 Å². The Morgan fingerprint density at radius 2 is 1.95 bits per heavy atom. The van der Waals surface area contributed by atoms with Crippen molar-refractivity contribution < 1.29 is 9.72 Å². The fourth-order valence-electron chi connectivity index (χ4n) is 2.13. The third-order valence-electron chi connectivity index (χ3n) is 3.39. The van der Waals surface area contributed by atoms with E-state index in [0.29, 0.717) is 10.6 Å². The molecule has 0 fully saturated rings. The van der Waals surface area contributed by atoms with Gasteiger partial charge in [0.2, 0.25) is 0 Å². The number of nitrogens with zero attached hydrogens (tertiary/aromatic N) is 1. The minimum atomic E-state index is -0.496. The number of rotatable bonds is 4. The smallest absolute Gasteiger partial charge is 0.273 e. The van der Waals surface area contributed by atoms with Crippen molar-refractivity contribution in [3.8, 4) is 0 Å². The maximum atomic E-state index is 12.2.